The first-order valence-corrected chi connectivity index (χ1v) is 9.21. The molecule has 0 aliphatic carbocycles. The van der Waals surface area contributed by atoms with Crippen LogP contribution in [0.4, 0.5) is 0 Å². The van der Waals surface area contributed by atoms with Crippen molar-refractivity contribution in [3.8, 4) is 5.75 Å². The van der Waals surface area contributed by atoms with Crippen LogP contribution in [0.15, 0.2) is 36.4 Å². The van der Waals surface area contributed by atoms with Gasteiger partial charge in [-0.25, -0.2) is 5.06 Å². The molecule has 2 aromatic carbocycles. The Labute approximate surface area is 152 Å². The lowest BCUT2D eigenvalue weighted by molar-refractivity contribution is -0.179. The fourth-order valence-electron chi connectivity index (χ4n) is 4.18. The molecule has 3 aliphatic rings. The number of hydroxylamine groups is 2. The van der Waals surface area contributed by atoms with Gasteiger partial charge in [0, 0.05) is 24.6 Å². The number of ether oxygens (including phenoxy) is 2. The third kappa shape index (κ3) is 2.65. The molecule has 6 nitrogen and oxygen atoms in total. The number of nitrogens with zero attached hydrogens (tertiary/aromatic N) is 2. The molecule has 136 valence electrons. The third-order valence-electron chi connectivity index (χ3n) is 5.51. The quantitative estimate of drug-likeness (QED) is 0.826. The van der Waals surface area contributed by atoms with Gasteiger partial charge in [-0.2, -0.15) is 0 Å². The van der Waals surface area contributed by atoms with Crippen molar-refractivity contribution < 1.29 is 19.1 Å². The Morgan fingerprint density at radius 1 is 1.08 bits per heavy atom. The maximum atomic E-state index is 13.0. The van der Waals surface area contributed by atoms with Crippen LogP contribution in [-0.2, 0) is 14.4 Å². The number of morpholine rings is 1. The fourth-order valence-corrected chi connectivity index (χ4v) is 4.18. The molecule has 0 N–H and O–H groups in total. The summed E-state index contributed by atoms with van der Waals surface area (Å²) >= 11 is 0. The van der Waals surface area contributed by atoms with E-state index in [-0.39, 0.29) is 17.9 Å². The van der Waals surface area contributed by atoms with Gasteiger partial charge in [-0.3, -0.25) is 14.5 Å². The maximum Gasteiger partial charge on any atom is 0.260 e. The summed E-state index contributed by atoms with van der Waals surface area (Å²) < 4.78 is 11.4. The molecule has 0 aromatic heterocycles. The van der Waals surface area contributed by atoms with Crippen molar-refractivity contribution in [2.24, 2.45) is 5.92 Å². The summed E-state index contributed by atoms with van der Waals surface area (Å²) in [6, 6.07) is 12.3. The van der Waals surface area contributed by atoms with E-state index in [0.29, 0.717) is 33.0 Å². The highest BCUT2D eigenvalue weighted by Crippen LogP contribution is 2.46. The Bertz CT molecular complexity index is 834. The number of hydrogen-bond acceptors (Lipinski definition) is 5. The second-order valence-electron chi connectivity index (χ2n) is 7.12. The molecule has 0 radical (unpaired) electrons. The molecule has 2 saturated heterocycles. The highest BCUT2D eigenvalue weighted by atomic mass is 16.7. The molecule has 26 heavy (non-hydrogen) atoms. The summed E-state index contributed by atoms with van der Waals surface area (Å²) in [4.78, 5) is 21.0. The summed E-state index contributed by atoms with van der Waals surface area (Å²) in [6.07, 6.45) is 0. The number of rotatable bonds is 2. The van der Waals surface area contributed by atoms with E-state index in [2.05, 4.69) is 23.1 Å². The smallest absolute Gasteiger partial charge is 0.260 e. The summed E-state index contributed by atoms with van der Waals surface area (Å²) in [6.45, 7) is 4.41. The van der Waals surface area contributed by atoms with Crippen LogP contribution in [0.5, 0.6) is 5.75 Å². The second-order valence-corrected chi connectivity index (χ2v) is 7.12. The minimum atomic E-state index is -0.0848. The number of hydrogen-bond donors (Lipinski definition) is 0. The maximum absolute atomic E-state index is 13.0. The Morgan fingerprint density at radius 3 is 2.81 bits per heavy atom. The van der Waals surface area contributed by atoms with Crippen molar-refractivity contribution in [1.29, 1.82) is 0 Å². The molecular weight excluding hydrogens is 332 g/mol. The van der Waals surface area contributed by atoms with E-state index in [0.717, 1.165) is 35.2 Å². The molecular formula is C20H22N2O4. The van der Waals surface area contributed by atoms with E-state index in [1.807, 2.05) is 18.2 Å². The predicted octanol–water partition coefficient (Wildman–Crippen LogP) is 2.00. The van der Waals surface area contributed by atoms with Crippen LogP contribution in [0.25, 0.3) is 10.8 Å². The SMILES string of the molecule is O=C(CN1CCOCC1)N1OCC2COc3ccc4ccccc4c3C21. The van der Waals surface area contributed by atoms with Gasteiger partial charge in [0.15, 0.2) is 0 Å². The molecule has 2 aromatic rings. The molecule has 2 unspecified atom stereocenters. The van der Waals surface area contributed by atoms with Crippen molar-refractivity contribution in [2.45, 2.75) is 6.04 Å². The van der Waals surface area contributed by atoms with Crippen LogP contribution < -0.4 is 4.74 Å². The number of fused-ring (bicyclic) bond motifs is 5. The number of amides is 1. The average molecular weight is 354 g/mol. The fraction of sp³-hybridized carbons (Fsp3) is 0.450. The highest BCUT2D eigenvalue weighted by molar-refractivity contribution is 5.89. The summed E-state index contributed by atoms with van der Waals surface area (Å²) in [5.74, 6) is 1.04. The topological polar surface area (TPSA) is 51.2 Å². The first-order chi connectivity index (χ1) is 12.8. The first-order valence-electron chi connectivity index (χ1n) is 9.21. The predicted molar refractivity (Wildman–Crippen MR) is 95.7 cm³/mol. The van der Waals surface area contributed by atoms with Crippen molar-refractivity contribution in [1.82, 2.24) is 9.96 Å². The molecule has 0 saturated carbocycles. The molecule has 0 spiro atoms. The number of benzene rings is 2. The standard InChI is InChI=1S/C20H22N2O4/c23-18(11-21-7-9-24-10-8-21)22-20-15(13-26-22)12-25-17-6-5-14-3-1-2-4-16(14)19(17)20/h1-6,15,20H,7-13H2. The van der Waals surface area contributed by atoms with Gasteiger partial charge in [0.25, 0.3) is 5.91 Å². The summed E-state index contributed by atoms with van der Waals surface area (Å²) in [5.41, 5.74) is 1.08. The van der Waals surface area contributed by atoms with Crippen molar-refractivity contribution >= 4 is 16.7 Å². The van der Waals surface area contributed by atoms with Gasteiger partial charge < -0.3 is 9.47 Å². The van der Waals surface area contributed by atoms with Crippen LogP contribution >= 0.6 is 0 Å². The molecule has 5 rings (SSSR count). The van der Waals surface area contributed by atoms with E-state index in [1.54, 1.807) is 5.06 Å². The minimum absolute atomic E-state index is 0.0141. The minimum Gasteiger partial charge on any atom is -0.493 e. The molecule has 6 heteroatoms. The van der Waals surface area contributed by atoms with Gasteiger partial charge in [0.1, 0.15) is 5.75 Å². The van der Waals surface area contributed by atoms with E-state index in [1.165, 1.54) is 0 Å². The van der Waals surface area contributed by atoms with Gasteiger partial charge in [0.05, 0.1) is 39.0 Å². The van der Waals surface area contributed by atoms with Gasteiger partial charge in [0.2, 0.25) is 0 Å². The zero-order valence-corrected chi connectivity index (χ0v) is 14.6. The lowest BCUT2D eigenvalue weighted by Crippen LogP contribution is -2.45. The molecule has 2 atom stereocenters. The molecule has 1 amide bonds. The second kappa shape index (κ2) is 6.54. The molecule has 2 fully saturated rings. The monoisotopic (exact) mass is 354 g/mol. The van der Waals surface area contributed by atoms with Gasteiger partial charge >= 0.3 is 0 Å². The zero-order valence-electron chi connectivity index (χ0n) is 14.6. The Kier molecular flexibility index (Phi) is 4.04. The lowest BCUT2D eigenvalue weighted by atomic mass is 9.88. The van der Waals surface area contributed by atoms with Crippen LogP contribution in [0.2, 0.25) is 0 Å². The third-order valence-corrected chi connectivity index (χ3v) is 5.51. The van der Waals surface area contributed by atoms with E-state index >= 15 is 0 Å². The largest absolute Gasteiger partial charge is 0.493 e. The molecule has 3 aliphatic heterocycles. The zero-order chi connectivity index (χ0) is 17.5. The van der Waals surface area contributed by atoms with Crippen LogP contribution in [0.3, 0.4) is 0 Å². The average Bonchev–Trinajstić information content (AvgIpc) is 3.13. The van der Waals surface area contributed by atoms with Crippen molar-refractivity contribution in [3.05, 3.63) is 42.0 Å². The van der Waals surface area contributed by atoms with Crippen molar-refractivity contribution in [2.75, 3.05) is 46.1 Å². The van der Waals surface area contributed by atoms with Crippen LogP contribution in [-0.4, -0.2) is 61.9 Å². The van der Waals surface area contributed by atoms with Crippen LogP contribution in [0.1, 0.15) is 11.6 Å². The Balaban J connectivity index is 1.48. The molecule has 0 bridgehead atoms. The van der Waals surface area contributed by atoms with Crippen molar-refractivity contribution in [3.63, 3.8) is 0 Å². The summed E-state index contributed by atoms with van der Waals surface area (Å²) in [5, 5.41) is 3.89. The lowest BCUT2D eigenvalue weighted by Gasteiger charge is -2.34. The van der Waals surface area contributed by atoms with Gasteiger partial charge in [-0.15, -0.1) is 0 Å². The first kappa shape index (κ1) is 16.1. The normalized spacial score (nSPS) is 25.6. The Morgan fingerprint density at radius 2 is 1.92 bits per heavy atom. The summed E-state index contributed by atoms with van der Waals surface area (Å²) in [7, 11) is 0. The van der Waals surface area contributed by atoms with Gasteiger partial charge in [-0.05, 0) is 16.8 Å². The number of carbonyl (C=O) groups is 1. The highest BCUT2D eigenvalue weighted by Gasteiger charge is 2.45. The van der Waals surface area contributed by atoms with E-state index in [4.69, 9.17) is 14.3 Å². The Hall–Kier alpha value is -2.15. The van der Waals surface area contributed by atoms with Gasteiger partial charge in [-0.1, -0.05) is 30.3 Å². The van der Waals surface area contributed by atoms with E-state index < -0.39 is 0 Å². The number of carbonyl (C=O) groups excluding carboxylic acids is 1. The van der Waals surface area contributed by atoms with Crippen LogP contribution in [0, 0.1) is 5.92 Å². The molecule has 3 heterocycles. The van der Waals surface area contributed by atoms with E-state index in [9.17, 15) is 4.79 Å².